The molecule has 21 heavy (non-hydrogen) atoms. The summed E-state index contributed by atoms with van der Waals surface area (Å²) in [7, 11) is 0. The first-order valence-electron chi connectivity index (χ1n) is 6.81. The van der Waals surface area contributed by atoms with Crippen LogP contribution in [0.4, 0.5) is 0 Å². The summed E-state index contributed by atoms with van der Waals surface area (Å²) in [6, 6.07) is 5.38. The van der Waals surface area contributed by atoms with Crippen molar-refractivity contribution >= 4 is 11.9 Å². The molecule has 0 bridgehead atoms. The number of carboxylic acid groups (broad SMARTS) is 1. The van der Waals surface area contributed by atoms with Crippen molar-refractivity contribution in [2.45, 2.75) is 26.3 Å². The molecule has 0 saturated carbocycles. The lowest BCUT2D eigenvalue weighted by atomic mass is 10.1. The number of aliphatic hydroxyl groups is 1. The van der Waals surface area contributed by atoms with Crippen molar-refractivity contribution in [3.05, 3.63) is 29.8 Å². The first-order valence-corrected chi connectivity index (χ1v) is 6.81. The third-order valence-corrected chi connectivity index (χ3v) is 2.72. The van der Waals surface area contributed by atoms with Crippen LogP contribution in [0.25, 0.3) is 0 Å². The average Bonchev–Trinajstić information content (AvgIpc) is 2.45. The Kier molecular flexibility index (Phi) is 6.68. The molecule has 1 aromatic carbocycles. The zero-order valence-electron chi connectivity index (χ0n) is 12.2. The molecule has 0 heterocycles. The summed E-state index contributed by atoms with van der Waals surface area (Å²) in [5, 5.41) is 20.1. The highest BCUT2D eigenvalue weighted by molar-refractivity contribution is 5.96. The van der Waals surface area contributed by atoms with Crippen molar-refractivity contribution in [3.8, 4) is 5.75 Å². The predicted octanol–water partition coefficient (Wildman–Crippen LogP) is 1.29. The highest BCUT2D eigenvalue weighted by Crippen LogP contribution is 2.13. The van der Waals surface area contributed by atoms with Crippen LogP contribution in [-0.2, 0) is 4.79 Å². The van der Waals surface area contributed by atoms with Crippen LogP contribution in [0.2, 0.25) is 0 Å². The number of carbonyl (C=O) groups excluding carboxylic acids is 1. The van der Waals surface area contributed by atoms with Gasteiger partial charge in [-0.1, -0.05) is 13.8 Å². The van der Waals surface area contributed by atoms with Gasteiger partial charge in [0.15, 0.2) is 0 Å². The Morgan fingerprint density at radius 3 is 2.33 bits per heavy atom. The molecule has 0 aromatic heterocycles. The number of nitrogens with one attached hydrogen (secondary N) is 1. The largest absolute Gasteiger partial charge is 0.493 e. The smallest absolute Gasteiger partial charge is 0.326 e. The summed E-state index contributed by atoms with van der Waals surface area (Å²) in [6.45, 7) is 4.35. The molecule has 0 fully saturated rings. The van der Waals surface area contributed by atoms with Crippen LogP contribution in [0.1, 0.15) is 30.6 Å². The molecule has 116 valence electrons. The van der Waals surface area contributed by atoms with Crippen LogP contribution in [-0.4, -0.2) is 41.3 Å². The Hall–Kier alpha value is -2.08. The Bertz CT molecular complexity index is 469. The fourth-order valence-corrected chi connectivity index (χ4v) is 1.59. The zero-order valence-corrected chi connectivity index (χ0v) is 12.2. The number of benzene rings is 1. The lowest BCUT2D eigenvalue weighted by Gasteiger charge is -2.13. The molecular weight excluding hydrogens is 274 g/mol. The van der Waals surface area contributed by atoms with Gasteiger partial charge in [-0.05, 0) is 30.2 Å². The maximum Gasteiger partial charge on any atom is 0.326 e. The van der Waals surface area contributed by atoms with E-state index in [4.69, 9.17) is 14.9 Å². The van der Waals surface area contributed by atoms with Crippen LogP contribution in [0, 0.1) is 5.92 Å². The standard InChI is InChI=1S/C15H21NO5/c1-10(2)9-21-12-5-3-11(4-6-12)14(18)16-13(7-8-17)15(19)20/h3-6,10,13,17H,7-9H2,1-2H3,(H,16,18)(H,19,20). The number of hydrogen-bond donors (Lipinski definition) is 3. The summed E-state index contributed by atoms with van der Waals surface area (Å²) in [6.07, 6.45) is -0.0311. The predicted molar refractivity (Wildman–Crippen MR) is 77.4 cm³/mol. The summed E-state index contributed by atoms with van der Waals surface area (Å²) >= 11 is 0. The number of aliphatic hydroxyl groups excluding tert-OH is 1. The van der Waals surface area contributed by atoms with E-state index in [9.17, 15) is 9.59 Å². The molecule has 0 aliphatic carbocycles. The third-order valence-electron chi connectivity index (χ3n) is 2.72. The fourth-order valence-electron chi connectivity index (χ4n) is 1.59. The van der Waals surface area contributed by atoms with E-state index in [1.54, 1.807) is 24.3 Å². The minimum absolute atomic E-state index is 0.0311. The minimum atomic E-state index is -1.17. The molecule has 0 saturated heterocycles. The van der Waals surface area contributed by atoms with Gasteiger partial charge in [0.1, 0.15) is 11.8 Å². The van der Waals surface area contributed by atoms with Gasteiger partial charge >= 0.3 is 5.97 Å². The Labute approximate surface area is 123 Å². The van der Waals surface area contributed by atoms with Crippen LogP contribution >= 0.6 is 0 Å². The normalized spacial score (nSPS) is 12.0. The van der Waals surface area contributed by atoms with E-state index >= 15 is 0 Å². The van der Waals surface area contributed by atoms with Gasteiger partial charge in [-0.3, -0.25) is 4.79 Å². The molecule has 6 nitrogen and oxygen atoms in total. The highest BCUT2D eigenvalue weighted by atomic mass is 16.5. The quantitative estimate of drug-likeness (QED) is 0.671. The van der Waals surface area contributed by atoms with E-state index in [0.29, 0.717) is 23.8 Å². The van der Waals surface area contributed by atoms with Crippen LogP contribution in [0.15, 0.2) is 24.3 Å². The number of carboxylic acids is 1. The molecule has 1 aromatic rings. The summed E-state index contributed by atoms with van der Waals surface area (Å²) in [5.41, 5.74) is 0.344. The Morgan fingerprint density at radius 2 is 1.86 bits per heavy atom. The number of carbonyl (C=O) groups is 2. The summed E-state index contributed by atoms with van der Waals surface area (Å²) in [4.78, 5) is 22.8. The van der Waals surface area contributed by atoms with Gasteiger partial charge in [0, 0.05) is 18.6 Å². The number of amides is 1. The van der Waals surface area contributed by atoms with Crippen molar-refractivity contribution < 1.29 is 24.5 Å². The van der Waals surface area contributed by atoms with E-state index in [0.717, 1.165) is 0 Å². The van der Waals surface area contributed by atoms with Gasteiger partial charge in [-0.15, -0.1) is 0 Å². The van der Waals surface area contributed by atoms with E-state index < -0.39 is 17.9 Å². The average molecular weight is 295 g/mol. The van der Waals surface area contributed by atoms with Crippen LogP contribution in [0.5, 0.6) is 5.75 Å². The second kappa shape index (κ2) is 8.26. The molecule has 1 unspecified atom stereocenters. The lowest BCUT2D eigenvalue weighted by molar-refractivity contribution is -0.139. The molecule has 0 aliphatic heterocycles. The van der Waals surface area contributed by atoms with Gasteiger partial charge in [0.25, 0.3) is 5.91 Å². The molecule has 3 N–H and O–H groups in total. The van der Waals surface area contributed by atoms with Crippen molar-refractivity contribution in [1.29, 1.82) is 0 Å². The van der Waals surface area contributed by atoms with Crippen molar-refractivity contribution in [1.82, 2.24) is 5.32 Å². The zero-order chi connectivity index (χ0) is 15.8. The van der Waals surface area contributed by atoms with Crippen molar-refractivity contribution in [3.63, 3.8) is 0 Å². The van der Waals surface area contributed by atoms with Gasteiger partial charge in [0.2, 0.25) is 0 Å². The summed E-state index contributed by atoms with van der Waals surface area (Å²) in [5.74, 6) is -0.603. The molecule has 1 rings (SSSR count). The second-order valence-corrected chi connectivity index (χ2v) is 5.11. The van der Waals surface area contributed by atoms with Gasteiger partial charge in [-0.25, -0.2) is 4.79 Å². The molecule has 0 aliphatic rings. The van der Waals surface area contributed by atoms with Crippen molar-refractivity contribution in [2.75, 3.05) is 13.2 Å². The molecule has 6 heteroatoms. The van der Waals surface area contributed by atoms with E-state index in [-0.39, 0.29) is 13.0 Å². The van der Waals surface area contributed by atoms with Crippen LogP contribution < -0.4 is 10.1 Å². The van der Waals surface area contributed by atoms with Gasteiger partial charge in [0.05, 0.1) is 6.61 Å². The van der Waals surface area contributed by atoms with E-state index in [2.05, 4.69) is 5.32 Å². The van der Waals surface area contributed by atoms with Gasteiger partial charge in [-0.2, -0.15) is 0 Å². The number of aliphatic carboxylic acids is 1. The van der Waals surface area contributed by atoms with Gasteiger partial charge < -0.3 is 20.3 Å². The summed E-state index contributed by atoms with van der Waals surface area (Å²) < 4.78 is 5.50. The maximum atomic E-state index is 11.9. The fraction of sp³-hybridized carbons (Fsp3) is 0.467. The molecule has 0 radical (unpaired) electrons. The van der Waals surface area contributed by atoms with Crippen LogP contribution in [0.3, 0.4) is 0 Å². The maximum absolute atomic E-state index is 11.9. The second-order valence-electron chi connectivity index (χ2n) is 5.11. The first-order chi connectivity index (χ1) is 9.93. The molecule has 1 atom stereocenters. The molecular formula is C15H21NO5. The first kappa shape index (κ1) is 17.0. The third kappa shape index (κ3) is 5.83. The SMILES string of the molecule is CC(C)COc1ccc(C(=O)NC(CCO)C(=O)O)cc1. The van der Waals surface area contributed by atoms with Crippen molar-refractivity contribution in [2.24, 2.45) is 5.92 Å². The molecule has 0 spiro atoms. The minimum Gasteiger partial charge on any atom is -0.493 e. The topological polar surface area (TPSA) is 95.9 Å². The molecule has 1 amide bonds. The lowest BCUT2D eigenvalue weighted by Crippen LogP contribution is -2.41. The number of hydrogen-bond acceptors (Lipinski definition) is 4. The Morgan fingerprint density at radius 1 is 1.24 bits per heavy atom. The van der Waals surface area contributed by atoms with E-state index in [1.165, 1.54) is 0 Å². The monoisotopic (exact) mass is 295 g/mol. The number of rotatable bonds is 8. The van der Waals surface area contributed by atoms with E-state index in [1.807, 2.05) is 13.8 Å². The Balaban J connectivity index is 2.63. The number of ether oxygens (including phenoxy) is 1. The highest BCUT2D eigenvalue weighted by Gasteiger charge is 2.19.